The van der Waals surface area contributed by atoms with Crippen LogP contribution in [0.5, 0.6) is 0 Å². The number of ketones is 2. The second-order valence-electron chi connectivity index (χ2n) is 5.32. The van der Waals surface area contributed by atoms with Gasteiger partial charge in [-0.2, -0.15) is 0 Å². The van der Waals surface area contributed by atoms with Crippen LogP contribution < -0.4 is 0 Å². The molecule has 114 valence electrons. The fourth-order valence-corrected chi connectivity index (χ4v) is 2.30. The molecule has 0 radical (unpaired) electrons. The first-order chi connectivity index (χ1) is 10.5. The average molecular weight is 302 g/mol. The maximum atomic E-state index is 13.5. The summed E-state index contributed by atoms with van der Waals surface area (Å²) in [6.45, 7) is 1.72. The minimum atomic E-state index is -0.569. The van der Waals surface area contributed by atoms with Crippen LogP contribution in [0, 0.1) is 17.6 Å². The Bertz CT molecular complexity index is 635. The molecular formula is C18H16F2O2. The minimum absolute atomic E-state index is 0.0210. The van der Waals surface area contributed by atoms with Gasteiger partial charge in [-0.1, -0.05) is 31.2 Å². The zero-order chi connectivity index (χ0) is 16.1. The quantitative estimate of drug-likeness (QED) is 0.739. The molecule has 0 aliphatic rings. The van der Waals surface area contributed by atoms with Crippen molar-refractivity contribution < 1.29 is 18.4 Å². The highest BCUT2D eigenvalue weighted by atomic mass is 19.1. The van der Waals surface area contributed by atoms with E-state index in [1.807, 2.05) is 0 Å². The molecule has 2 rings (SSSR count). The summed E-state index contributed by atoms with van der Waals surface area (Å²) in [5.41, 5.74) is 0.0420. The van der Waals surface area contributed by atoms with E-state index in [4.69, 9.17) is 0 Å². The molecule has 0 unspecified atom stereocenters. The number of rotatable bonds is 6. The first kappa shape index (κ1) is 16.0. The van der Waals surface area contributed by atoms with E-state index >= 15 is 0 Å². The molecule has 0 fully saturated rings. The monoisotopic (exact) mass is 302 g/mol. The summed E-state index contributed by atoms with van der Waals surface area (Å²) in [6, 6.07) is 11.5. The topological polar surface area (TPSA) is 34.1 Å². The van der Waals surface area contributed by atoms with Crippen LogP contribution in [0.3, 0.4) is 0 Å². The zero-order valence-corrected chi connectivity index (χ0v) is 12.2. The van der Waals surface area contributed by atoms with Crippen molar-refractivity contribution >= 4 is 11.6 Å². The molecule has 22 heavy (non-hydrogen) atoms. The molecule has 0 spiro atoms. The van der Waals surface area contributed by atoms with Gasteiger partial charge in [0.2, 0.25) is 0 Å². The van der Waals surface area contributed by atoms with Crippen molar-refractivity contribution in [3.8, 4) is 0 Å². The van der Waals surface area contributed by atoms with Crippen LogP contribution in [0.15, 0.2) is 48.5 Å². The largest absolute Gasteiger partial charge is 0.294 e. The normalized spacial score (nSPS) is 10.7. The minimum Gasteiger partial charge on any atom is -0.294 e. The molecule has 0 aliphatic heterocycles. The van der Waals surface area contributed by atoms with Crippen molar-refractivity contribution in [3.63, 3.8) is 0 Å². The van der Waals surface area contributed by atoms with E-state index in [0.29, 0.717) is 0 Å². The van der Waals surface area contributed by atoms with Gasteiger partial charge >= 0.3 is 0 Å². The maximum absolute atomic E-state index is 13.5. The maximum Gasteiger partial charge on any atom is 0.166 e. The summed E-state index contributed by atoms with van der Waals surface area (Å²) in [5, 5.41) is 0. The van der Waals surface area contributed by atoms with Crippen molar-refractivity contribution in [1.82, 2.24) is 0 Å². The van der Waals surface area contributed by atoms with E-state index in [1.165, 1.54) is 36.4 Å². The molecule has 0 aromatic heterocycles. The lowest BCUT2D eigenvalue weighted by molar-refractivity contribution is 0.0924. The van der Waals surface area contributed by atoms with Gasteiger partial charge in [0.25, 0.3) is 0 Å². The van der Waals surface area contributed by atoms with Crippen LogP contribution in [0.2, 0.25) is 0 Å². The molecular weight excluding hydrogens is 286 g/mol. The van der Waals surface area contributed by atoms with E-state index in [0.717, 1.165) is 0 Å². The van der Waals surface area contributed by atoms with Crippen molar-refractivity contribution in [2.75, 3.05) is 0 Å². The number of hydrogen-bond acceptors (Lipinski definition) is 2. The van der Waals surface area contributed by atoms with Crippen LogP contribution in [0.4, 0.5) is 8.78 Å². The zero-order valence-electron chi connectivity index (χ0n) is 12.2. The highest BCUT2D eigenvalue weighted by Crippen LogP contribution is 2.18. The third kappa shape index (κ3) is 3.85. The van der Waals surface area contributed by atoms with Gasteiger partial charge in [-0.05, 0) is 30.2 Å². The molecule has 4 heteroatoms. The molecule has 0 aliphatic carbocycles. The van der Waals surface area contributed by atoms with Crippen LogP contribution >= 0.6 is 0 Å². The van der Waals surface area contributed by atoms with Gasteiger partial charge in [-0.15, -0.1) is 0 Å². The second kappa shape index (κ2) is 7.07. The standard InChI is InChI=1S/C18H16F2O2/c1-12(10-17(21)13-6-2-4-8-15(13)19)11-18(22)14-7-3-5-9-16(14)20/h2-9,12H,10-11H2,1H3. The van der Waals surface area contributed by atoms with Crippen LogP contribution in [0.25, 0.3) is 0 Å². The number of halogens is 2. The van der Waals surface area contributed by atoms with E-state index in [1.54, 1.807) is 19.1 Å². The Kier molecular flexibility index (Phi) is 5.15. The summed E-state index contributed by atoms with van der Waals surface area (Å²) in [5.74, 6) is -2.14. The summed E-state index contributed by atoms with van der Waals surface area (Å²) >= 11 is 0. The van der Waals surface area contributed by atoms with Crippen molar-refractivity contribution in [2.45, 2.75) is 19.8 Å². The fraction of sp³-hybridized carbons (Fsp3) is 0.222. The number of carbonyl (C=O) groups excluding carboxylic acids is 2. The van der Waals surface area contributed by atoms with Crippen LogP contribution in [-0.4, -0.2) is 11.6 Å². The van der Waals surface area contributed by atoms with Crippen molar-refractivity contribution in [2.24, 2.45) is 5.92 Å². The van der Waals surface area contributed by atoms with E-state index in [9.17, 15) is 18.4 Å². The lowest BCUT2D eigenvalue weighted by atomic mass is 9.93. The first-order valence-electron chi connectivity index (χ1n) is 7.04. The predicted octanol–water partition coefficient (Wildman–Crippen LogP) is 4.45. The van der Waals surface area contributed by atoms with Crippen LogP contribution in [-0.2, 0) is 0 Å². The van der Waals surface area contributed by atoms with Gasteiger partial charge in [0.15, 0.2) is 11.6 Å². The van der Waals surface area contributed by atoms with E-state index < -0.39 is 11.6 Å². The predicted molar refractivity (Wildman–Crippen MR) is 79.9 cm³/mol. The summed E-state index contributed by atoms with van der Waals surface area (Å²) in [6.07, 6.45) is 0.0856. The molecule has 0 atom stereocenters. The number of benzene rings is 2. The lowest BCUT2D eigenvalue weighted by Gasteiger charge is -2.10. The number of hydrogen-bond donors (Lipinski definition) is 0. The van der Waals surface area contributed by atoms with Gasteiger partial charge < -0.3 is 0 Å². The Morgan fingerprint density at radius 1 is 0.818 bits per heavy atom. The Labute approximate surface area is 127 Å². The van der Waals surface area contributed by atoms with Gasteiger partial charge in [0, 0.05) is 12.8 Å². The fourth-order valence-electron chi connectivity index (χ4n) is 2.30. The molecule has 0 amide bonds. The van der Waals surface area contributed by atoms with Gasteiger partial charge in [-0.25, -0.2) is 8.78 Å². The smallest absolute Gasteiger partial charge is 0.166 e. The van der Waals surface area contributed by atoms with Crippen LogP contribution in [0.1, 0.15) is 40.5 Å². The highest BCUT2D eigenvalue weighted by molar-refractivity contribution is 5.98. The Morgan fingerprint density at radius 3 is 1.55 bits per heavy atom. The molecule has 2 nitrogen and oxygen atoms in total. The van der Waals surface area contributed by atoms with E-state index in [-0.39, 0.29) is 41.5 Å². The van der Waals surface area contributed by atoms with Gasteiger partial charge in [0.05, 0.1) is 11.1 Å². The molecule has 0 saturated heterocycles. The Balaban J connectivity index is 2.00. The molecule has 2 aromatic carbocycles. The molecule has 0 bridgehead atoms. The number of Topliss-reactive ketones (excluding diaryl/α,β-unsaturated/α-hetero) is 2. The Hall–Kier alpha value is -2.36. The SMILES string of the molecule is CC(CC(=O)c1ccccc1F)CC(=O)c1ccccc1F. The lowest BCUT2D eigenvalue weighted by Crippen LogP contribution is -2.13. The molecule has 2 aromatic rings. The van der Waals surface area contributed by atoms with Gasteiger partial charge in [-0.3, -0.25) is 9.59 Å². The third-order valence-electron chi connectivity index (χ3n) is 3.42. The van der Waals surface area contributed by atoms with Crippen molar-refractivity contribution in [3.05, 3.63) is 71.3 Å². The Morgan fingerprint density at radius 2 is 1.18 bits per heavy atom. The second-order valence-corrected chi connectivity index (χ2v) is 5.32. The van der Waals surface area contributed by atoms with E-state index in [2.05, 4.69) is 0 Å². The third-order valence-corrected chi connectivity index (χ3v) is 3.42. The summed E-state index contributed by atoms with van der Waals surface area (Å²) < 4.78 is 27.1. The number of carbonyl (C=O) groups is 2. The first-order valence-corrected chi connectivity index (χ1v) is 7.04. The molecule has 0 saturated carbocycles. The highest BCUT2D eigenvalue weighted by Gasteiger charge is 2.19. The summed E-state index contributed by atoms with van der Waals surface area (Å²) in [4.78, 5) is 24.1. The van der Waals surface area contributed by atoms with Gasteiger partial charge in [0.1, 0.15) is 11.6 Å². The van der Waals surface area contributed by atoms with Crippen molar-refractivity contribution in [1.29, 1.82) is 0 Å². The molecule has 0 N–H and O–H groups in total. The molecule has 0 heterocycles. The average Bonchev–Trinajstić information content (AvgIpc) is 2.47. The summed E-state index contributed by atoms with van der Waals surface area (Å²) in [7, 11) is 0.